The van der Waals surface area contributed by atoms with Crippen molar-refractivity contribution in [2.75, 3.05) is 13.1 Å². The summed E-state index contributed by atoms with van der Waals surface area (Å²) in [5.74, 6) is -0.0222. The van der Waals surface area contributed by atoms with Gasteiger partial charge in [-0.15, -0.1) is 0 Å². The van der Waals surface area contributed by atoms with Gasteiger partial charge in [0.15, 0.2) is 0 Å². The molecule has 3 aliphatic rings. The Kier molecular flexibility index (Phi) is 5.58. The number of imide groups is 1. The first-order valence-corrected chi connectivity index (χ1v) is 10.7. The van der Waals surface area contributed by atoms with Crippen LogP contribution in [0.1, 0.15) is 61.9 Å². The normalized spacial score (nSPS) is 26.8. The second-order valence-corrected chi connectivity index (χ2v) is 8.09. The smallest absolute Gasteiger partial charge is 0.255 e. The van der Waals surface area contributed by atoms with Crippen LogP contribution in [0.15, 0.2) is 18.2 Å². The summed E-state index contributed by atoms with van der Waals surface area (Å²) >= 11 is 0. The summed E-state index contributed by atoms with van der Waals surface area (Å²) < 4.78 is 6.35. The molecule has 4 rings (SSSR count). The third-order valence-electron chi connectivity index (χ3n) is 6.48. The van der Waals surface area contributed by atoms with Crippen molar-refractivity contribution in [1.29, 1.82) is 0 Å². The lowest BCUT2D eigenvalue weighted by molar-refractivity contribution is -0.136. The number of carbonyl (C=O) groups is 3. The van der Waals surface area contributed by atoms with E-state index < -0.39 is 6.04 Å². The number of nitrogens with zero attached hydrogens (tertiary/aromatic N) is 2. The number of hydrogen-bond acceptors (Lipinski definition) is 5. The Labute approximate surface area is 171 Å². The summed E-state index contributed by atoms with van der Waals surface area (Å²) in [6.07, 6.45) is 4.16. The van der Waals surface area contributed by atoms with Crippen LogP contribution in [0, 0.1) is 0 Å². The van der Waals surface area contributed by atoms with Crippen molar-refractivity contribution in [1.82, 2.24) is 15.1 Å². The van der Waals surface area contributed by atoms with Gasteiger partial charge in [0.05, 0.1) is 0 Å². The lowest BCUT2D eigenvalue weighted by Crippen LogP contribution is -2.52. The van der Waals surface area contributed by atoms with Gasteiger partial charge in [0, 0.05) is 24.6 Å². The number of hydrogen-bond donors (Lipinski definition) is 1. The molecule has 3 amide bonds. The molecule has 0 spiro atoms. The van der Waals surface area contributed by atoms with Crippen LogP contribution in [-0.2, 0) is 16.1 Å². The molecule has 156 valence electrons. The molecule has 0 bridgehead atoms. The van der Waals surface area contributed by atoms with Gasteiger partial charge in [-0.3, -0.25) is 24.6 Å². The maximum absolute atomic E-state index is 12.8. The van der Waals surface area contributed by atoms with Crippen LogP contribution in [0.4, 0.5) is 0 Å². The predicted octanol–water partition coefficient (Wildman–Crippen LogP) is 2.09. The summed E-state index contributed by atoms with van der Waals surface area (Å²) in [7, 11) is 0. The average Bonchev–Trinajstić information content (AvgIpc) is 3.28. The van der Waals surface area contributed by atoms with Crippen LogP contribution in [0.25, 0.3) is 0 Å². The van der Waals surface area contributed by atoms with Crippen LogP contribution in [-0.4, -0.2) is 58.8 Å². The van der Waals surface area contributed by atoms with Crippen LogP contribution >= 0.6 is 0 Å². The van der Waals surface area contributed by atoms with Gasteiger partial charge in [-0.05, 0) is 62.5 Å². The Morgan fingerprint density at radius 1 is 1.14 bits per heavy atom. The fourth-order valence-electron chi connectivity index (χ4n) is 4.95. The van der Waals surface area contributed by atoms with Gasteiger partial charge in [-0.1, -0.05) is 13.8 Å². The van der Waals surface area contributed by atoms with E-state index in [1.54, 1.807) is 11.0 Å². The molecule has 3 atom stereocenters. The molecule has 2 aliphatic heterocycles. The molecule has 1 saturated heterocycles. The molecule has 29 heavy (non-hydrogen) atoms. The third kappa shape index (κ3) is 3.75. The van der Waals surface area contributed by atoms with Crippen LogP contribution in [0.2, 0.25) is 0 Å². The molecular weight excluding hydrogens is 370 g/mol. The molecule has 2 fully saturated rings. The molecule has 0 radical (unpaired) electrons. The lowest BCUT2D eigenvalue weighted by atomic mass is 10.0. The molecule has 2 heterocycles. The van der Waals surface area contributed by atoms with Crippen molar-refractivity contribution >= 4 is 17.7 Å². The molecule has 1 aliphatic carbocycles. The highest BCUT2D eigenvalue weighted by Gasteiger charge is 2.39. The molecule has 1 aromatic carbocycles. The van der Waals surface area contributed by atoms with Crippen LogP contribution in [0.5, 0.6) is 5.75 Å². The highest BCUT2D eigenvalue weighted by molar-refractivity contribution is 6.05. The minimum atomic E-state index is -0.584. The maximum atomic E-state index is 12.8. The Balaban J connectivity index is 1.48. The van der Waals surface area contributed by atoms with Crippen molar-refractivity contribution in [3.63, 3.8) is 0 Å². The average molecular weight is 399 g/mol. The van der Waals surface area contributed by atoms with Crippen molar-refractivity contribution in [2.45, 2.75) is 70.7 Å². The van der Waals surface area contributed by atoms with Gasteiger partial charge in [-0.2, -0.15) is 0 Å². The van der Waals surface area contributed by atoms with Gasteiger partial charge < -0.3 is 9.64 Å². The highest BCUT2D eigenvalue weighted by Crippen LogP contribution is 2.33. The standard InChI is InChI=1S/C22H29N3O4/c1-3-24(4-2)17-6-5-7-19(17)29-15-8-9-16-14(12-15)13-25(22(16)28)18-10-11-20(26)23-21(18)27/h8-9,12,17-19H,3-7,10-11,13H2,1-2H3,(H,23,26,27)/t17-,18?,19+/m1/s1. The van der Waals surface area contributed by atoms with E-state index in [9.17, 15) is 14.4 Å². The van der Waals surface area contributed by atoms with Gasteiger partial charge in [0.25, 0.3) is 5.91 Å². The monoisotopic (exact) mass is 399 g/mol. The summed E-state index contributed by atoms with van der Waals surface area (Å²) in [5.41, 5.74) is 1.50. The zero-order valence-corrected chi connectivity index (χ0v) is 17.1. The molecule has 7 nitrogen and oxygen atoms in total. The molecule has 1 N–H and O–H groups in total. The van der Waals surface area contributed by atoms with E-state index in [4.69, 9.17) is 4.74 Å². The first-order chi connectivity index (χ1) is 14.0. The quantitative estimate of drug-likeness (QED) is 0.741. The molecule has 1 saturated carbocycles. The minimum Gasteiger partial charge on any atom is -0.489 e. The van der Waals surface area contributed by atoms with Crippen molar-refractivity contribution in [3.8, 4) is 5.75 Å². The fraction of sp³-hybridized carbons (Fsp3) is 0.591. The number of benzene rings is 1. The van der Waals surface area contributed by atoms with E-state index in [2.05, 4.69) is 24.1 Å². The van der Waals surface area contributed by atoms with E-state index >= 15 is 0 Å². The zero-order valence-electron chi connectivity index (χ0n) is 17.1. The van der Waals surface area contributed by atoms with E-state index in [0.717, 1.165) is 37.2 Å². The number of carbonyl (C=O) groups excluding carboxylic acids is 3. The fourth-order valence-corrected chi connectivity index (χ4v) is 4.95. The number of ether oxygens (including phenoxy) is 1. The Bertz CT molecular complexity index is 820. The van der Waals surface area contributed by atoms with E-state index in [-0.39, 0.29) is 30.2 Å². The largest absolute Gasteiger partial charge is 0.489 e. The second kappa shape index (κ2) is 8.14. The highest BCUT2D eigenvalue weighted by atomic mass is 16.5. The molecule has 0 aromatic heterocycles. The summed E-state index contributed by atoms with van der Waals surface area (Å²) in [5, 5.41) is 2.34. The van der Waals surface area contributed by atoms with Crippen molar-refractivity contribution < 1.29 is 19.1 Å². The molecule has 1 unspecified atom stereocenters. The lowest BCUT2D eigenvalue weighted by Gasteiger charge is -2.31. The van der Waals surface area contributed by atoms with Crippen LogP contribution in [0.3, 0.4) is 0 Å². The summed E-state index contributed by atoms with van der Waals surface area (Å²) in [4.78, 5) is 40.4. The van der Waals surface area contributed by atoms with Crippen molar-refractivity contribution in [3.05, 3.63) is 29.3 Å². The van der Waals surface area contributed by atoms with E-state index in [0.29, 0.717) is 24.6 Å². The number of amides is 3. The number of likely N-dealkylation sites (N-methyl/N-ethyl adjacent to an activating group) is 1. The number of nitrogens with one attached hydrogen (secondary N) is 1. The van der Waals surface area contributed by atoms with Crippen LogP contribution < -0.4 is 10.1 Å². The molecule has 1 aromatic rings. The Morgan fingerprint density at radius 3 is 2.66 bits per heavy atom. The number of rotatable bonds is 6. The van der Waals surface area contributed by atoms with Crippen molar-refractivity contribution in [2.24, 2.45) is 0 Å². The number of fused-ring (bicyclic) bond motifs is 1. The third-order valence-corrected chi connectivity index (χ3v) is 6.48. The maximum Gasteiger partial charge on any atom is 0.255 e. The van der Waals surface area contributed by atoms with Gasteiger partial charge in [-0.25, -0.2) is 0 Å². The van der Waals surface area contributed by atoms with Gasteiger partial charge in [0.1, 0.15) is 17.9 Å². The zero-order chi connectivity index (χ0) is 20.5. The summed E-state index contributed by atoms with van der Waals surface area (Å²) in [6.45, 7) is 6.77. The van der Waals surface area contributed by atoms with E-state index in [1.165, 1.54) is 6.42 Å². The number of piperidine rings is 1. The second-order valence-electron chi connectivity index (χ2n) is 8.09. The molecule has 7 heteroatoms. The first-order valence-electron chi connectivity index (χ1n) is 10.7. The van der Waals surface area contributed by atoms with E-state index in [1.807, 2.05) is 12.1 Å². The Hall–Kier alpha value is -2.41. The first kappa shape index (κ1) is 19.9. The minimum absolute atomic E-state index is 0.150. The summed E-state index contributed by atoms with van der Waals surface area (Å²) in [6, 6.07) is 5.46. The Morgan fingerprint density at radius 2 is 1.93 bits per heavy atom. The SMILES string of the molecule is CCN(CC)[C@@H]1CCC[C@@H]1Oc1ccc2c(c1)CN(C1CCC(=O)NC1=O)C2=O. The predicted molar refractivity (Wildman–Crippen MR) is 107 cm³/mol. The topological polar surface area (TPSA) is 79.0 Å². The van der Waals surface area contributed by atoms with Gasteiger partial charge >= 0.3 is 0 Å². The molecular formula is C22H29N3O4. The van der Waals surface area contributed by atoms with Gasteiger partial charge in [0.2, 0.25) is 11.8 Å².